The van der Waals surface area contributed by atoms with Crippen LogP contribution < -0.4 is 5.56 Å². The van der Waals surface area contributed by atoms with E-state index in [0.717, 1.165) is 5.69 Å². The fourth-order valence-corrected chi connectivity index (χ4v) is 3.62. The lowest BCUT2D eigenvalue weighted by atomic mass is 9.91. The second-order valence-corrected chi connectivity index (χ2v) is 8.56. The minimum absolute atomic E-state index is 0.0644. The molecule has 5 heteroatoms. The Morgan fingerprint density at radius 3 is 2.31 bits per heavy atom. The fraction of sp³-hybridized carbons (Fsp3) is 0.375. The number of nitrogens with zero attached hydrogens (tertiary/aromatic N) is 3. The lowest BCUT2D eigenvalue weighted by Crippen LogP contribution is -2.38. The average Bonchev–Trinajstić information content (AvgIpc) is 2.67. The topological polar surface area (TPSA) is 55.2 Å². The zero-order valence-corrected chi connectivity index (χ0v) is 17.8. The third-order valence-electron chi connectivity index (χ3n) is 5.00. The summed E-state index contributed by atoms with van der Waals surface area (Å²) < 4.78 is 1.64. The summed E-state index contributed by atoms with van der Waals surface area (Å²) in [6.07, 6.45) is 0.439. The van der Waals surface area contributed by atoms with Crippen molar-refractivity contribution in [2.75, 3.05) is 6.54 Å². The Morgan fingerprint density at radius 2 is 1.69 bits per heavy atom. The van der Waals surface area contributed by atoms with Gasteiger partial charge in [-0.25, -0.2) is 4.98 Å². The summed E-state index contributed by atoms with van der Waals surface area (Å²) in [5.41, 5.74) is 1.16. The van der Waals surface area contributed by atoms with Crippen molar-refractivity contribution in [2.24, 2.45) is 5.41 Å². The number of amides is 1. The molecule has 0 aliphatic heterocycles. The van der Waals surface area contributed by atoms with Gasteiger partial charge in [-0.15, -0.1) is 0 Å². The highest BCUT2D eigenvalue weighted by Crippen LogP contribution is 2.26. The highest BCUT2D eigenvalue weighted by atomic mass is 16.2. The smallest absolute Gasteiger partial charge is 0.266 e. The van der Waals surface area contributed by atoms with Gasteiger partial charge in [0.2, 0.25) is 5.91 Å². The van der Waals surface area contributed by atoms with Gasteiger partial charge in [-0.3, -0.25) is 14.2 Å². The third-order valence-corrected chi connectivity index (χ3v) is 5.00. The predicted octanol–water partition coefficient (Wildman–Crippen LogP) is 4.73. The molecule has 0 fully saturated rings. The van der Waals surface area contributed by atoms with Crippen LogP contribution in [0.3, 0.4) is 0 Å². The van der Waals surface area contributed by atoms with Crippen LogP contribution in [0.15, 0.2) is 59.4 Å². The molecule has 152 valence electrons. The summed E-state index contributed by atoms with van der Waals surface area (Å²) in [5, 5.41) is 0.566. The maximum absolute atomic E-state index is 13.4. The van der Waals surface area contributed by atoms with E-state index >= 15 is 0 Å². The van der Waals surface area contributed by atoms with Crippen molar-refractivity contribution in [2.45, 2.75) is 47.1 Å². The molecule has 3 aromatic rings. The summed E-state index contributed by atoms with van der Waals surface area (Å²) >= 11 is 0. The van der Waals surface area contributed by atoms with Crippen LogP contribution in [0.4, 0.5) is 0 Å². The van der Waals surface area contributed by atoms with E-state index in [-0.39, 0.29) is 22.9 Å². The lowest BCUT2D eigenvalue weighted by Gasteiger charge is -2.31. The number of hydrogen-bond acceptors (Lipinski definition) is 3. The number of carbonyl (C=O) groups excluding carboxylic acids is 1. The van der Waals surface area contributed by atoms with E-state index in [9.17, 15) is 9.59 Å². The van der Waals surface area contributed by atoms with Crippen molar-refractivity contribution in [3.05, 3.63) is 70.8 Å². The maximum Gasteiger partial charge on any atom is 0.266 e. The van der Waals surface area contributed by atoms with Crippen LogP contribution in [0.25, 0.3) is 16.6 Å². The number of benzene rings is 2. The molecule has 1 aromatic heterocycles. The number of aromatic nitrogens is 2. The van der Waals surface area contributed by atoms with Gasteiger partial charge in [0.05, 0.1) is 22.6 Å². The van der Waals surface area contributed by atoms with Crippen molar-refractivity contribution in [3.8, 4) is 5.69 Å². The number of hydrogen-bond donors (Lipinski definition) is 0. The Labute approximate surface area is 172 Å². The van der Waals surface area contributed by atoms with Gasteiger partial charge in [0.15, 0.2) is 0 Å². The van der Waals surface area contributed by atoms with Crippen LogP contribution in [0.1, 0.15) is 52.9 Å². The van der Waals surface area contributed by atoms with Crippen molar-refractivity contribution < 1.29 is 4.79 Å². The van der Waals surface area contributed by atoms with E-state index in [1.165, 1.54) is 0 Å². The van der Waals surface area contributed by atoms with Crippen LogP contribution in [-0.2, 0) is 4.79 Å². The molecule has 0 aliphatic rings. The Kier molecular flexibility index (Phi) is 5.87. The van der Waals surface area contributed by atoms with Crippen molar-refractivity contribution in [3.63, 3.8) is 0 Å². The summed E-state index contributed by atoms with van der Waals surface area (Å²) in [7, 11) is 0. The molecule has 0 saturated heterocycles. The second-order valence-electron chi connectivity index (χ2n) is 8.56. The summed E-state index contributed by atoms with van der Waals surface area (Å²) in [5.74, 6) is 0.638. The van der Waals surface area contributed by atoms with Gasteiger partial charge >= 0.3 is 0 Å². The summed E-state index contributed by atoms with van der Waals surface area (Å²) in [4.78, 5) is 33.0. The van der Waals surface area contributed by atoms with Gasteiger partial charge in [0.25, 0.3) is 5.56 Å². The quantitative estimate of drug-likeness (QED) is 0.632. The highest BCUT2D eigenvalue weighted by Gasteiger charge is 2.28. The first-order valence-corrected chi connectivity index (χ1v) is 10.1. The summed E-state index contributed by atoms with van der Waals surface area (Å²) in [6.45, 7) is 10.6. The van der Waals surface area contributed by atoms with E-state index in [1.54, 1.807) is 15.5 Å². The van der Waals surface area contributed by atoms with E-state index in [1.807, 2.05) is 62.4 Å². The number of rotatable bonds is 5. The Balaban J connectivity index is 2.19. The van der Waals surface area contributed by atoms with Crippen molar-refractivity contribution in [1.29, 1.82) is 0 Å². The van der Waals surface area contributed by atoms with Crippen LogP contribution in [0, 0.1) is 5.41 Å². The molecule has 1 heterocycles. The molecule has 0 bridgehead atoms. The molecular formula is C24H29N3O2. The van der Waals surface area contributed by atoms with Gasteiger partial charge in [0, 0.05) is 13.0 Å². The second kappa shape index (κ2) is 8.19. The van der Waals surface area contributed by atoms with E-state index < -0.39 is 0 Å². The normalized spacial score (nSPS) is 12.7. The molecule has 0 saturated carbocycles. The Hall–Kier alpha value is -2.95. The molecule has 1 amide bonds. The molecular weight excluding hydrogens is 362 g/mol. The number of fused-ring (bicyclic) bond motifs is 1. The molecule has 0 N–H and O–H groups in total. The van der Waals surface area contributed by atoms with E-state index in [4.69, 9.17) is 4.98 Å². The molecule has 29 heavy (non-hydrogen) atoms. The molecule has 0 spiro atoms. The minimum atomic E-state index is -0.340. The molecule has 1 atom stereocenters. The molecule has 0 radical (unpaired) electrons. The Morgan fingerprint density at radius 1 is 1.07 bits per heavy atom. The Bertz CT molecular complexity index is 1060. The first kappa shape index (κ1) is 20.8. The molecule has 5 nitrogen and oxygen atoms in total. The van der Waals surface area contributed by atoms with Gasteiger partial charge in [-0.1, -0.05) is 51.1 Å². The SMILES string of the molecule is CCN(C(=O)CC(C)(C)C)C(C)c1nc2ccccc2c(=O)n1-c1ccccc1. The van der Waals surface area contributed by atoms with Crippen LogP contribution in [-0.4, -0.2) is 26.9 Å². The van der Waals surface area contributed by atoms with Gasteiger partial charge in [-0.05, 0) is 43.5 Å². The maximum atomic E-state index is 13.4. The molecule has 2 aromatic carbocycles. The minimum Gasteiger partial charge on any atom is -0.333 e. The van der Waals surface area contributed by atoms with Crippen molar-refractivity contribution in [1.82, 2.24) is 14.5 Å². The largest absolute Gasteiger partial charge is 0.333 e. The highest BCUT2D eigenvalue weighted by molar-refractivity contribution is 5.79. The van der Waals surface area contributed by atoms with Gasteiger partial charge in [-0.2, -0.15) is 0 Å². The fourth-order valence-electron chi connectivity index (χ4n) is 3.62. The number of para-hydroxylation sites is 2. The standard InChI is InChI=1S/C24H29N3O2/c1-6-26(21(28)16-24(3,4)5)17(2)22-25-20-15-11-10-14-19(20)23(29)27(22)18-12-8-7-9-13-18/h7-15,17H,6,16H2,1-5H3. The predicted molar refractivity (Wildman–Crippen MR) is 117 cm³/mol. The first-order chi connectivity index (χ1) is 13.7. The molecule has 0 aliphatic carbocycles. The van der Waals surface area contributed by atoms with Gasteiger partial charge in [0.1, 0.15) is 5.82 Å². The monoisotopic (exact) mass is 391 g/mol. The number of carbonyl (C=O) groups is 1. The summed E-state index contributed by atoms with van der Waals surface area (Å²) in [6, 6.07) is 16.5. The van der Waals surface area contributed by atoms with Crippen LogP contribution in [0.2, 0.25) is 0 Å². The van der Waals surface area contributed by atoms with Crippen LogP contribution in [0.5, 0.6) is 0 Å². The third kappa shape index (κ3) is 4.39. The van der Waals surface area contributed by atoms with E-state index in [0.29, 0.717) is 29.7 Å². The molecule has 1 unspecified atom stereocenters. The van der Waals surface area contributed by atoms with E-state index in [2.05, 4.69) is 20.8 Å². The zero-order valence-electron chi connectivity index (χ0n) is 17.8. The van der Waals surface area contributed by atoms with Crippen LogP contribution >= 0.6 is 0 Å². The van der Waals surface area contributed by atoms with Gasteiger partial charge < -0.3 is 4.90 Å². The first-order valence-electron chi connectivity index (χ1n) is 10.1. The zero-order chi connectivity index (χ0) is 21.2. The van der Waals surface area contributed by atoms with Crippen molar-refractivity contribution >= 4 is 16.8 Å². The average molecular weight is 392 g/mol. The molecule has 3 rings (SSSR count). The lowest BCUT2D eigenvalue weighted by molar-refractivity contribution is -0.135.